The number of fused-ring (bicyclic) bond motifs is 1. The van der Waals surface area contributed by atoms with Gasteiger partial charge in [-0.05, 0) is 19.9 Å². The second-order valence-electron chi connectivity index (χ2n) is 6.13. The molecule has 2 aromatic rings. The van der Waals surface area contributed by atoms with Crippen molar-refractivity contribution in [3.05, 3.63) is 52.1 Å². The Bertz CT molecular complexity index is 913. The van der Waals surface area contributed by atoms with Gasteiger partial charge in [-0.25, -0.2) is 9.78 Å². The molecule has 0 fully saturated rings. The highest BCUT2D eigenvalue weighted by atomic mass is 16.6. The van der Waals surface area contributed by atoms with Crippen LogP contribution < -0.4 is 10.2 Å². The minimum Gasteiger partial charge on any atom is -0.438 e. The summed E-state index contributed by atoms with van der Waals surface area (Å²) < 4.78 is 5.34. The van der Waals surface area contributed by atoms with Crippen molar-refractivity contribution in [3.8, 4) is 0 Å². The number of ether oxygens (including phenoxy) is 1. The third-order valence-electron chi connectivity index (χ3n) is 3.98. The Balaban J connectivity index is 2.10. The quantitative estimate of drug-likeness (QED) is 0.660. The van der Waals surface area contributed by atoms with Crippen molar-refractivity contribution in [1.82, 2.24) is 9.97 Å². The normalized spacial score (nSPS) is 15.0. The zero-order chi connectivity index (χ0) is 19.1. The Morgan fingerprint density at radius 3 is 2.69 bits per heavy atom. The van der Waals surface area contributed by atoms with Crippen molar-refractivity contribution in [2.75, 3.05) is 17.3 Å². The number of rotatable bonds is 3. The van der Waals surface area contributed by atoms with Crippen molar-refractivity contribution in [3.63, 3.8) is 0 Å². The first-order chi connectivity index (χ1) is 12.2. The second kappa shape index (κ2) is 6.06. The average Bonchev–Trinajstić information content (AvgIpc) is 2.59. The summed E-state index contributed by atoms with van der Waals surface area (Å²) in [7, 11) is 1.46. The van der Waals surface area contributed by atoms with Crippen molar-refractivity contribution >= 4 is 29.1 Å². The van der Waals surface area contributed by atoms with Crippen LogP contribution in [0.3, 0.4) is 0 Å². The molecule has 3 rings (SSSR count). The highest BCUT2D eigenvalue weighted by molar-refractivity contribution is 6.04. The van der Waals surface area contributed by atoms with Gasteiger partial charge >= 0.3 is 6.09 Å². The van der Waals surface area contributed by atoms with Gasteiger partial charge in [-0.3, -0.25) is 24.8 Å². The number of anilines is 2. The largest absolute Gasteiger partial charge is 0.438 e. The highest BCUT2D eigenvalue weighted by Crippen LogP contribution is 2.43. The van der Waals surface area contributed by atoms with Crippen LogP contribution in [0.15, 0.2) is 30.7 Å². The van der Waals surface area contributed by atoms with Crippen LogP contribution in [0, 0.1) is 10.1 Å². The zero-order valence-corrected chi connectivity index (χ0v) is 14.2. The summed E-state index contributed by atoms with van der Waals surface area (Å²) >= 11 is 0. The number of aromatic nitrogens is 2. The van der Waals surface area contributed by atoms with E-state index in [9.17, 15) is 19.7 Å². The molecular formula is C16H15N5O5. The number of cyclic esters (lactones) is 1. The lowest BCUT2D eigenvalue weighted by Crippen LogP contribution is -2.41. The van der Waals surface area contributed by atoms with E-state index in [1.807, 2.05) is 0 Å². The van der Waals surface area contributed by atoms with Crippen molar-refractivity contribution in [2.45, 2.75) is 19.4 Å². The molecule has 0 spiro atoms. The van der Waals surface area contributed by atoms with E-state index >= 15 is 0 Å². The van der Waals surface area contributed by atoms with Gasteiger partial charge in [-0.1, -0.05) is 0 Å². The SMILES string of the molecule is CN1C(=O)OC(C)(C)c2cc(NC(=O)c3cnccn3)c([N+](=O)[O-])cc21. The summed E-state index contributed by atoms with van der Waals surface area (Å²) in [5.74, 6) is -0.639. The molecule has 0 atom stereocenters. The lowest BCUT2D eigenvalue weighted by atomic mass is 9.93. The number of nitro benzene ring substituents is 1. The van der Waals surface area contributed by atoms with Crippen molar-refractivity contribution < 1.29 is 19.2 Å². The summed E-state index contributed by atoms with van der Waals surface area (Å²) in [6.07, 6.45) is 3.38. The average molecular weight is 357 g/mol. The molecule has 0 radical (unpaired) electrons. The molecule has 1 N–H and O–H groups in total. The van der Waals surface area contributed by atoms with Gasteiger partial charge in [0.2, 0.25) is 0 Å². The van der Waals surface area contributed by atoms with E-state index in [2.05, 4.69) is 15.3 Å². The van der Waals surface area contributed by atoms with Crippen LogP contribution in [0.5, 0.6) is 0 Å². The molecule has 1 aromatic heterocycles. The molecule has 0 unspecified atom stereocenters. The molecule has 10 nitrogen and oxygen atoms in total. The van der Waals surface area contributed by atoms with Gasteiger partial charge in [0.05, 0.1) is 16.8 Å². The molecule has 0 saturated carbocycles. The third kappa shape index (κ3) is 2.92. The van der Waals surface area contributed by atoms with Crippen LogP contribution in [0.25, 0.3) is 0 Å². The number of nitrogens with zero attached hydrogens (tertiary/aromatic N) is 4. The van der Waals surface area contributed by atoms with E-state index in [0.29, 0.717) is 11.3 Å². The predicted octanol–water partition coefficient (Wildman–Crippen LogP) is 2.46. The highest BCUT2D eigenvalue weighted by Gasteiger charge is 2.39. The summed E-state index contributed by atoms with van der Waals surface area (Å²) in [5, 5.41) is 13.9. The maximum Gasteiger partial charge on any atom is 0.414 e. The minimum absolute atomic E-state index is 0.0160. The molecule has 0 aliphatic carbocycles. The molecule has 2 heterocycles. The Hall–Kier alpha value is -3.56. The van der Waals surface area contributed by atoms with Gasteiger partial charge < -0.3 is 10.1 Å². The fourth-order valence-electron chi connectivity index (χ4n) is 2.63. The number of benzene rings is 1. The topological polar surface area (TPSA) is 128 Å². The number of carbonyl (C=O) groups excluding carboxylic acids is 2. The van der Waals surface area contributed by atoms with Crippen LogP contribution in [0.4, 0.5) is 21.9 Å². The zero-order valence-electron chi connectivity index (χ0n) is 14.2. The minimum atomic E-state index is -1.01. The van der Waals surface area contributed by atoms with Crippen molar-refractivity contribution in [1.29, 1.82) is 0 Å². The smallest absolute Gasteiger partial charge is 0.414 e. The van der Waals surface area contributed by atoms with E-state index in [-0.39, 0.29) is 17.1 Å². The first kappa shape index (κ1) is 17.3. The number of carbonyl (C=O) groups is 2. The second-order valence-corrected chi connectivity index (χ2v) is 6.13. The number of nitrogens with one attached hydrogen (secondary N) is 1. The van der Waals surface area contributed by atoms with E-state index < -0.39 is 22.5 Å². The lowest BCUT2D eigenvalue weighted by molar-refractivity contribution is -0.383. The number of amides is 2. The maximum atomic E-state index is 12.3. The van der Waals surface area contributed by atoms with Gasteiger partial charge in [-0.15, -0.1) is 0 Å². The summed E-state index contributed by atoms with van der Waals surface area (Å²) in [6, 6.07) is 2.68. The molecule has 10 heteroatoms. The summed E-state index contributed by atoms with van der Waals surface area (Å²) in [5.41, 5.74) is -0.500. The number of hydrogen-bond acceptors (Lipinski definition) is 7. The van der Waals surface area contributed by atoms with Gasteiger partial charge in [-0.2, -0.15) is 0 Å². The van der Waals surface area contributed by atoms with Crippen LogP contribution in [-0.2, 0) is 10.3 Å². The molecule has 26 heavy (non-hydrogen) atoms. The molecule has 134 valence electrons. The predicted molar refractivity (Wildman–Crippen MR) is 91.0 cm³/mol. The Morgan fingerprint density at radius 1 is 1.35 bits per heavy atom. The Morgan fingerprint density at radius 2 is 2.08 bits per heavy atom. The lowest BCUT2D eigenvalue weighted by Gasteiger charge is -2.36. The van der Waals surface area contributed by atoms with Crippen LogP contribution in [0.2, 0.25) is 0 Å². The monoisotopic (exact) mass is 357 g/mol. The van der Waals surface area contributed by atoms with Gasteiger partial charge in [0.15, 0.2) is 0 Å². The Labute approximate surface area is 148 Å². The molecule has 1 aromatic carbocycles. The van der Waals surface area contributed by atoms with E-state index in [4.69, 9.17) is 4.74 Å². The third-order valence-corrected chi connectivity index (χ3v) is 3.98. The van der Waals surface area contributed by atoms with Gasteiger partial charge in [0, 0.05) is 31.1 Å². The van der Waals surface area contributed by atoms with Crippen LogP contribution in [0.1, 0.15) is 29.9 Å². The fraction of sp³-hybridized carbons (Fsp3) is 0.250. The molecule has 1 aliphatic rings. The van der Waals surface area contributed by atoms with Crippen molar-refractivity contribution in [2.24, 2.45) is 0 Å². The first-order valence-corrected chi connectivity index (χ1v) is 7.57. The summed E-state index contributed by atoms with van der Waals surface area (Å²) in [4.78, 5) is 43.9. The fourth-order valence-corrected chi connectivity index (χ4v) is 2.63. The van der Waals surface area contributed by atoms with Crippen LogP contribution >= 0.6 is 0 Å². The molecule has 2 amide bonds. The van der Waals surface area contributed by atoms with Gasteiger partial charge in [0.1, 0.15) is 17.0 Å². The maximum absolute atomic E-state index is 12.3. The van der Waals surface area contributed by atoms with E-state index in [1.54, 1.807) is 13.8 Å². The molecule has 1 aliphatic heterocycles. The van der Waals surface area contributed by atoms with Crippen LogP contribution in [-0.4, -0.2) is 33.9 Å². The Kier molecular flexibility index (Phi) is 4.03. The first-order valence-electron chi connectivity index (χ1n) is 7.57. The molecule has 0 saturated heterocycles. The standard InChI is InChI=1S/C16H15N5O5/c1-16(2)9-6-10(19-14(22)11-8-17-4-5-18-11)13(21(24)25)7-12(9)20(3)15(23)26-16/h4-8H,1-3H3,(H,19,22). The number of nitro groups is 1. The molecular weight excluding hydrogens is 342 g/mol. The van der Waals surface area contributed by atoms with E-state index in [1.165, 1.54) is 42.7 Å². The summed E-state index contributed by atoms with van der Waals surface area (Å²) in [6.45, 7) is 3.33. The van der Waals surface area contributed by atoms with E-state index in [0.717, 1.165) is 0 Å². The molecule has 0 bridgehead atoms. The number of hydrogen-bond donors (Lipinski definition) is 1. The van der Waals surface area contributed by atoms with Gasteiger partial charge in [0.25, 0.3) is 11.6 Å².